The van der Waals surface area contributed by atoms with Crippen LogP contribution in [-0.4, -0.2) is 132 Å². The first-order valence-electron chi connectivity index (χ1n) is 18.0. The lowest BCUT2D eigenvalue weighted by atomic mass is 10.1. The van der Waals surface area contributed by atoms with Crippen LogP contribution in [0.25, 0.3) is 0 Å². The monoisotopic (exact) mass is 723 g/mol. The van der Waals surface area contributed by atoms with Crippen molar-refractivity contribution < 1.29 is 48.3 Å². The number of rotatable bonds is 19. The van der Waals surface area contributed by atoms with E-state index >= 15 is 0 Å². The van der Waals surface area contributed by atoms with Gasteiger partial charge in [-0.25, -0.2) is 4.79 Å². The third kappa shape index (κ3) is 16.6. The molecule has 6 amide bonds. The van der Waals surface area contributed by atoms with E-state index in [-0.39, 0.29) is 100 Å². The van der Waals surface area contributed by atoms with Crippen molar-refractivity contribution in [3.63, 3.8) is 0 Å². The van der Waals surface area contributed by atoms with Crippen LogP contribution in [0.4, 0.5) is 0 Å². The van der Waals surface area contributed by atoms with Gasteiger partial charge in [-0.1, -0.05) is 27.7 Å². The van der Waals surface area contributed by atoms with Gasteiger partial charge in [0.1, 0.15) is 0 Å². The van der Waals surface area contributed by atoms with Crippen molar-refractivity contribution in [3.8, 4) is 0 Å². The molecule has 0 radical (unpaired) electrons. The van der Waals surface area contributed by atoms with E-state index in [9.17, 15) is 38.4 Å². The third-order valence-electron chi connectivity index (χ3n) is 8.35. The molecular weight excluding hydrogens is 666 g/mol. The summed E-state index contributed by atoms with van der Waals surface area (Å²) in [6.07, 6.45) is 3.79. The molecule has 3 aliphatic heterocycles. The van der Waals surface area contributed by atoms with Gasteiger partial charge >= 0.3 is 11.9 Å². The summed E-state index contributed by atoms with van der Waals surface area (Å²) in [5.41, 5.74) is 0. The van der Waals surface area contributed by atoms with Crippen LogP contribution in [0.1, 0.15) is 91.9 Å². The summed E-state index contributed by atoms with van der Waals surface area (Å²) in [7, 11) is 0. The maximum Gasteiger partial charge on any atom is 0.334 e. The number of hydroxylamine groups is 2. The fourth-order valence-corrected chi connectivity index (χ4v) is 6.05. The number of carboxylic acid groups (broad SMARTS) is 1. The number of amides is 6. The quantitative estimate of drug-likeness (QED) is 0.111. The zero-order valence-electron chi connectivity index (χ0n) is 30.5. The third-order valence-corrected chi connectivity index (χ3v) is 8.35. The first-order chi connectivity index (χ1) is 24.2. The van der Waals surface area contributed by atoms with Crippen molar-refractivity contribution >= 4 is 47.4 Å². The fourth-order valence-electron chi connectivity index (χ4n) is 6.05. The second-order valence-electron chi connectivity index (χ2n) is 13.8. The lowest BCUT2D eigenvalue weighted by molar-refractivity contribution is -0.197. The average Bonchev–Trinajstić information content (AvgIpc) is 3.78. The highest BCUT2D eigenvalue weighted by Gasteiger charge is 2.33. The number of hydrogen-bond acceptors (Lipinski definition) is 11. The smallest absolute Gasteiger partial charge is 0.334 e. The van der Waals surface area contributed by atoms with Gasteiger partial charge in [0.15, 0.2) is 0 Å². The number of imide groups is 1. The molecule has 3 aliphatic rings. The Kier molecular flexibility index (Phi) is 19.1. The van der Waals surface area contributed by atoms with Crippen LogP contribution in [0.2, 0.25) is 0 Å². The second kappa shape index (κ2) is 22.6. The number of likely N-dealkylation sites (tertiary alicyclic amines) is 2. The molecule has 0 aromatic rings. The van der Waals surface area contributed by atoms with Gasteiger partial charge in [-0.3, -0.25) is 43.4 Å². The first-order valence-corrected chi connectivity index (χ1v) is 18.0. The Bertz CT molecular complexity index is 1210. The lowest BCUT2D eigenvalue weighted by Crippen LogP contribution is -2.45. The van der Waals surface area contributed by atoms with Crippen molar-refractivity contribution in [1.82, 2.24) is 36.1 Å². The highest BCUT2D eigenvalue weighted by atomic mass is 16.7. The Morgan fingerprint density at radius 2 is 1.08 bits per heavy atom. The van der Waals surface area contributed by atoms with Crippen molar-refractivity contribution in [1.29, 1.82) is 0 Å². The molecule has 17 nitrogen and oxygen atoms in total. The molecule has 0 aliphatic carbocycles. The van der Waals surface area contributed by atoms with E-state index < -0.39 is 23.8 Å². The largest absolute Gasteiger partial charge is 0.481 e. The maximum absolute atomic E-state index is 12.3. The standard InChI is InChI=1S/C19H30N4O6.C15H27N3O4/c1-13(2)12-22-11-3-4-14(22)19(28)21-9-7-15(24)20-10-8-18(27)29-23-16(25)5-6-17(23)26;1-11(2)10-18-9-3-4-12(18)15(22)17-7-5-13(19)16-8-6-14(20)21/h13-14H,3-12H2,1-2H3,(H,20,24)(H,21,28);11-12H,3-10H2,1-2H3,(H,16,19)(H,17,22)(H,20,21). The number of carboxylic acids is 1. The summed E-state index contributed by atoms with van der Waals surface area (Å²) < 4.78 is 0. The molecule has 3 fully saturated rings. The van der Waals surface area contributed by atoms with Gasteiger partial charge in [0.2, 0.25) is 23.6 Å². The molecule has 2 atom stereocenters. The predicted octanol–water partition coefficient (Wildman–Crippen LogP) is -0.0694. The molecule has 2 unspecified atom stereocenters. The van der Waals surface area contributed by atoms with Crippen LogP contribution in [0.3, 0.4) is 0 Å². The second-order valence-corrected chi connectivity index (χ2v) is 13.8. The van der Waals surface area contributed by atoms with Gasteiger partial charge in [-0.15, -0.1) is 5.06 Å². The topological polar surface area (TPSA) is 224 Å². The molecule has 0 spiro atoms. The van der Waals surface area contributed by atoms with Gasteiger partial charge < -0.3 is 31.2 Å². The summed E-state index contributed by atoms with van der Waals surface area (Å²) in [5, 5.41) is 19.6. The highest BCUT2D eigenvalue weighted by Crippen LogP contribution is 2.20. The van der Waals surface area contributed by atoms with E-state index in [1.165, 1.54) is 0 Å². The fraction of sp³-hybridized carbons (Fsp3) is 0.765. The van der Waals surface area contributed by atoms with E-state index in [0.717, 1.165) is 51.9 Å². The van der Waals surface area contributed by atoms with Crippen LogP contribution in [0.5, 0.6) is 0 Å². The van der Waals surface area contributed by atoms with Crippen molar-refractivity contribution in [2.75, 3.05) is 52.4 Å². The van der Waals surface area contributed by atoms with Gasteiger partial charge in [0.25, 0.3) is 11.8 Å². The van der Waals surface area contributed by atoms with Crippen LogP contribution in [0.15, 0.2) is 0 Å². The van der Waals surface area contributed by atoms with E-state index in [0.29, 0.717) is 16.9 Å². The molecule has 0 aromatic heterocycles. The van der Waals surface area contributed by atoms with Gasteiger partial charge in [0, 0.05) is 65.0 Å². The lowest BCUT2D eigenvalue weighted by Gasteiger charge is -2.25. The summed E-state index contributed by atoms with van der Waals surface area (Å²) in [4.78, 5) is 102. The zero-order valence-corrected chi connectivity index (χ0v) is 30.5. The summed E-state index contributed by atoms with van der Waals surface area (Å²) >= 11 is 0. The molecule has 0 saturated carbocycles. The molecule has 17 heteroatoms. The molecular formula is C34H57N7O10. The average molecular weight is 724 g/mol. The normalized spacial score (nSPS) is 19.1. The molecule has 288 valence electrons. The number of nitrogens with zero attached hydrogens (tertiary/aromatic N) is 3. The van der Waals surface area contributed by atoms with Crippen LogP contribution in [-0.2, 0) is 43.2 Å². The van der Waals surface area contributed by atoms with Gasteiger partial charge in [-0.05, 0) is 50.6 Å². The minimum Gasteiger partial charge on any atom is -0.481 e. The van der Waals surface area contributed by atoms with Gasteiger partial charge in [-0.2, -0.15) is 0 Å². The summed E-state index contributed by atoms with van der Waals surface area (Å²) in [5.74, 6) is -2.42. The van der Waals surface area contributed by atoms with Crippen molar-refractivity contribution in [3.05, 3.63) is 0 Å². The molecule has 0 aromatic carbocycles. The highest BCUT2D eigenvalue weighted by molar-refractivity contribution is 6.01. The van der Waals surface area contributed by atoms with Crippen LogP contribution >= 0.6 is 0 Å². The number of aliphatic carboxylic acids is 1. The Morgan fingerprint density at radius 3 is 1.49 bits per heavy atom. The SMILES string of the molecule is CC(C)CN1CCCC1C(=O)NCCC(=O)NCCC(=O)O.CC(C)CN1CCCC1C(=O)NCCC(=O)NCCC(=O)ON1C(=O)CCC1=O. The first kappa shape index (κ1) is 43.0. The Morgan fingerprint density at radius 1 is 0.667 bits per heavy atom. The minimum absolute atomic E-state index is 0.0171. The minimum atomic E-state index is -0.944. The van der Waals surface area contributed by atoms with Crippen molar-refractivity contribution in [2.45, 2.75) is 104 Å². The zero-order chi connectivity index (χ0) is 37.9. The van der Waals surface area contributed by atoms with Crippen molar-refractivity contribution in [2.24, 2.45) is 11.8 Å². The molecule has 0 bridgehead atoms. The molecule has 5 N–H and O–H groups in total. The predicted molar refractivity (Wildman–Crippen MR) is 184 cm³/mol. The number of carbonyl (C=O) groups is 8. The van der Waals surface area contributed by atoms with Crippen LogP contribution in [0, 0.1) is 11.8 Å². The molecule has 51 heavy (non-hydrogen) atoms. The molecule has 3 rings (SSSR count). The Labute approximate surface area is 299 Å². The number of hydrogen-bond donors (Lipinski definition) is 5. The van der Waals surface area contributed by atoms with Gasteiger partial charge in [0.05, 0.1) is 24.9 Å². The Hall–Kier alpha value is -4.12. The number of nitrogens with one attached hydrogen (secondary N) is 4. The summed E-state index contributed by atoms with van der Waals surface area (Å²) in [6, 6.07) is -0.219. The van der Waals surface area contributed by atoms with E-state index in [2.05, 4.69) is 58.8 Å². The maximum atomic E-state index is 12.3. The molecule has 3 saturated heterocycles. The van der Waals surface area contributed by atoms with E-state index in [1.54, 1.807) is 0 Å². The van der Waals surface area contributed by atoms with Crippen LogP contribution < -0.4 is 21.3 Å². The Balaban J connectivity index is 0.000000368. The van der Waals surface area contributed by atoms with E-state index in [4.69, 9.17) is 9.94 Å². The van der Waals surface area contributed by atoms with E-state index in [1.807, 2.05) is 0 Å². The summed E-state index contributed by atoms with van der Waals surface area (Å²) in [6.45, 7) is 12.8. The molecule has 3 heterocycles. The number of carbonyl (C=O) groups excluding carboxylic acids is 7.